The largest absolute Gasteiger partial charge is 0.481 e. The van der Waals surface area contributed by atoms with E-state index in [2.05, 4.69) is 37.9 Å². The van der Waals surface area contributed by atoms with Crippen LogP contribution < -0.4 is 0 Å². The van der Waals surface area contributed by atoms with Gasteiger partial charge in [0.1, 0.15) is 11.5 Å². The van der Waals surface area contributed by atoms with Crippen molar-refractivity contribution < 1.29 is 14.3 Å². The second kappa shape index (κ2) is 5.49. The van der Waals surface area contributed by atoms with Gasteiger partial charge in [0.25, 0.3) is 0 Å². The molecule has 1 aromatic carbocycles. The number of hydrogen-bond donors (Lipinski definition) is 1. The Bertz CT molecular complexity index is 591. The summed E-state index contributed by atoms with van der Waals surface area (Å²) in [6, 6.07) is 8.15. The summed E-state index contributed by atoms with van der Waals surface area (Å²) in [6.07, 6.45) is 1.76. The van der Waals surface area contributed by atoms with Gasteiger partial charge in [0.15, 0.2) is 6.39 Å². The van der Waals surface area contributed by atoms with Gasteiger partial charge in [0.2, 0.25) is 0 Å². The number of oxazole rings is 1. The van der Waals surface area contributed by atoms with Crippen molar-refractivity contribution in [3.63, 3.8) is 0 Å². The van der Waals surface area contributed by atoms with Gasteiger partial charge in [0.05, 0.1) is 6.42 Å². The second-order valence-corrected chi connectivity index (χ2v) is 5.85. The predicted octanol–water partition coefficient (Wildman–Crippen LogP) is 3.66. The van der Waals surface area contributed by atoms with Crippen molar-refractivity contribution in [3.8, 4) is 11.3 Å². The van der Waals surface area contributed by atoms with Crippen LogP contribution in [0.3, 0.4) is 0 Å². The van der Waals surface area contributed by atoms with E-state index in [1.165, 1.54) is 12.0 Å². The van der Waals surface area contributed by atoms with Crippen LogP contribution in [0.25, 0.3) is 11.3 Å². The molecule has 0 radical (unpaired) electrons. The summed E-state index contributed by atoms with van der Waals surface area (Å²) in [5, 5.41) is 8.74. The SMILES string of the molecule is CC(C)(C)c1ccc(-c2ncoc2CCC(=O)O)cc1. The van der Waals surface area contributed by atoms with Gasteiger partial charge in [-0.25, -0.2) is 4.98 Å². The number of carboxylic acids is 1. The van der Waals surface area contributed by atoms with Crippen molar-refractivity contribution in [1.29, 1.82) is 0 Å². The molecule has 0 aliphatic rings. The molecule has 106 valence electrons. The lowest BCUT2D eigenvalue weighted by Crippen LogP contribution is -2.10. The highest BCUT2D eigenvalue weighted by Gasteiger charge is 2.15. The fourth-order valence-electron chi connectivity index (χ4n) is 2.03. The molecule has 0 fully saturated rings. The van der Waals surface area contributed by atoms with Gasteiger partial charge >= 0.3 is 5.97 Å². The van der Waals surface area contributed by atoms with Crippen molar-refractivity contribution in [3.05, 3.63) is 42.0 Å². The van der Waals surface area contributed by atoms with Crippen LogP contribution in [0, 0.1) is 0 Å². The van der Waals surface area contributed by atoms with E-state index in [9.17, 15) is 4.79 Å². The monoisotopic (exact) mass is 273 g/mol. The van der Waals surface area contributed by atoms with Gasteiger partial charge in [-0.2, -0.15) is 0 Å². The highest BCUT2D eigenvalue weighted by atomic mass is 16.4. The smallest absolute Gasteiger partial charge is 0.303 e. The van der Waals surface area contributed by atoms with Crippen molar-refractivity contribution >= 4 is 5.97 Å². The van der Waals surface area contributed by atoms with Gasteiger partial charge in [-0.15, -0.1) is 0 Å². The van der Waals surface area contributed by atoms with E-state index < -0.39 is 5.97 Å². The van der Waals surface area contributed by atoms with E-state index in [1.54, 1.807) is 0 Å². The van der Waals surface area contributed by atoms with Gasteiger partial charge in [-0.3, -0.25) is 4.79 Å². The Kier molecular flexibility index (Phi) is 3.93. The highest BCUT2D eigenvalue weighted by molar-refractivity contribution is 5.68. The van der Waals surface area contributed by atoms with Crippen LogP contribution in [0.4, 0.5) is 0 Å². The molecule has 0 saturated carbocycles. The Balaban J connectivity index is 2.24. The van der Waals surface area contributed by atoms with E-state index in [0.29, 0.717) is 12.2 Å². The lowest BCUT2D eigenvalue weighted by molar-refractivity contribution is -0.137. The standard InChI is InChI=1S/C16H19NO3/c1-16(2,3)12-6-4-11(5-7-12)15-13(20-10-17-15)8-9-14(18)19/h4-7,10H,8-9H2,1-3H3,(H,18,19). The third-order valence-corrected chi connectivity index (χ3v) is 3.23. The molecule has 4 heteroatoms. The summed E-state index contributed by atoms with van der Waals surface area (Å²) in [5.74, 6) is -0.216. The fraction of sp³-hybridized carbons (Fsp3) is 0.375. The topological polar surface area (TPSA) is 63.3 Å². The van der Waals surface area contributed by atoms with Crippen molar-refractivity contribution in [2.24, 2.45) is 0 Å². The molecular formula is C16H19NO3. The molecule has 2 rings (SSSR count). The number of aromatic nitrogens is 1. The van der Waals surface area contributed by atoms with E-state index in [4.69, 9.17) is 9.52 Å². The van der Waals surface area contributed by atoms with E-state index in [-0.39, 0.29) is 11.8 Å². The van der Waals surface area contributed by atoms with Gasteiger partial charge in [0, 0.05) is 12.0 Å². The Hall–Kier alpha value is -2.10. The average molecular weight is 273 g/mol. The first-order chi connectivity index (χ1) is 9.38. The molecule has 0 atom stereocenters. The van der Waals surface area contributed by atoms with E-state index in [0.717, 1.165) is 11.3 Å². The predicted molar refractivity (Wildman–Crippen MR) is 76.6 cm³/mol. The Morgan fingerprint density at radius 2 is 1.90 bits per heavy atom. The molecule has 0 saturated heterocycles. The molecule has 20 heavy (non-hydrogen) atoms. The zero-order chi connectivity index (χ0) is 14.8. The van der Waals surface area contributed by atoms with Crippen LogP contribution in [0.5, 0.6) is 0 Å². The lowest BCUT2D eigenvalue weighted by Gasteiger charge is -2.19. The number of benzene rings is 1. The first-order valence-corrected chi connectivity index (χ1v) is 6.63. The number of hydrogen-bond acceptors (Lipinski definition) is 3. The lowest BCUT2D eigenvalue weighted by atomic mass is 9.86. The van der Waals surface area contributed by atoms with Crippen LogP contribution in [0.2, 0.25) is 0 Å². The Morgan fingerprint density at radius 3 is 2.45 bits per heavy atom. The summed E-state index contributed by atoms with van der Waals surface area (Å²) < 4.78 is 5.29. The minimum absolute atomic E-state index is 0.0439. The number of aliphatic carboxylic acids is 1. The average Bonchev–Trinajstić information content (AvgIpc) is 2.83. The zero-order valence-electron chi connectivity index (χ0n) is 12.0. The van der Waals surface area contributed by atoms with Gasteiger partial charge in [-0.1, -0.05) is 45.0 Å². The number of aryl methyl sites for hydroxylation is 1. The quantitative estimate of drug-likeness (QED) is 0.923. The molecule has 0 spiro atoms. The van der Waals surface area contributed by atoms with Crippen LogP contribution in [-0.4, -0.2) is 16.1 Å². The van der Waals surface area contributed by atoms with Gasteiger partial charge < -0.3 is 9.52 Å². The normalized spacial score (nSPS) is 11.6. The van der Waals surface area contributed by atoms with Crippen molar-refractivity contribution in [2.75, 3.05) is 0 Å². The van der Waals surface area contributed by atoms with Crippen LogP contribution in [0.15, 0.2) is 35.1 Å². The molecule has 1 aromatic heterocycles. The highest BCUT2D eigenvalue weighted by Crippen LogP contribution is 2.27. The molecule has 0 aliphatic carbocycles. The summed E-state index contributed by atoms with van der Waals surface area (Å²) >= 11 is 0. The number of carboxylic acid groups (broad SMARTS) is 1. The van der Waals surface area contributed by atoms with Crippen molar-refractivity contribution in [1.82, 2.24) is 4.98 Å². The maximum Gasteiger partial charge on any atom is 0.303 e. The zero-order valence-corrected chi connectivity index (χ0v) is 12.0. The van der Waals surface area contributed by atoms with Crippen LogP contribution in [-0.2, 0) is 16.6 Å². The van der Waals surface area contributed by atoms with E-state index >= 15 is 0 Å². The summed E-state index contributed by atoms with van der Waals surface area (Å²) in [5.41, 5.74) is 3.03. The van der Waals surface area contributed by atoms with Gasteiger partial charge in [-0.05, 0) is 11.0 Å². The van der Waals surface area contributed by atoms with E-state index in [1.807, 2.05) is 12.1 Å². The summed E-state index contributed by atoms with van der Waals surface area (Å²) in [7, 11) is 0. The molecular weight excluding hydrogens is 254 g/mol. The molecule has 2 aromatic rings. The third-order valence-electron chi connectivity index (χ3n) is 3.23. The maximum atomic E-state index is 10.6. The molecule has 0 bridgehead atoms. The number of nitrogens with zero attached hydrogens (tertiary/aromatic N) is 1. The molecule has 1 N–H and O–H groups in total. The first kappa shape index (κ1) is 14.3. The van der Waals surface area contributed by atoms with Crippen LogP contribution >= 0.6 is 0 Å². The maximum absolute atomic E-state index is 10.6. The molecule has 0 unspecified atom stereocenters. The first-order valence-electron chi connectivity index (χ1n) is 6.63. The minimum Gasteiger partial charge on any atom is -0.481 e. The third kappa shape index (κ3) is 3.26. The van der Waals surface area contributed by atoms with Crippen LogP contribution in [0.1, 0.15) is 38.5 Å². The fourth-order valence-corrected chi connectivity index (χ4v) is 2.03. The summed E-state index contributed by atoms with van der Waals surface area (Å²) in [4.78, 5) is 14.8. The second-order valence-electron chi connectivity index (χ2n) is 5.85. The molecule has 0 aliphatic heterocycles. The molecule has 1 heterocycles. The minimum atomic E-state index is -0.838. The number of carbonyl (C=O) groups is 1. The van der Waals surface area contributed by atoms with Crippen molar-refractivity contribution in [2.45, 2.75) is 39.0 Å². The Morgan fingerprint density at radius 1 is 1.25 bits per heavy atom. The summed E-state index contributed by atoms with van der Waals surface area (Å²) in [6.45, 7) is 6.49. The molecule has 4 nitrogen and oxygen atoms in total. The molecule has 0 amide bonds. The Labute approximate surface area is 118 Å². The number of rotatable bonds is 4.